The molecule has 0 radical (unpaired) electrons. The third-order valence-electron chi connectivity index (χ3n) is 4.12. The van der Waals surface area contributed by atoms with Crippen LogP contribution in [-0.4, -0.2) is 17.5 Å². The van der Waals surface area contributed by atoms with Crippen LogP contribution >= 0.6 is 23.2 Å². The summed E-state index contributed by atoms with van der Waals surface area (Å²) >= 11 is 12.2. The molecule has 5 nitrogen and oxygen atoms in total. The number of aromatic nitrogens is 1. The molecular formula is C20H14Cl2N2O3. The molecule has 0 atom stereocenters. The molecule has 0 spiro atoms. The van der Waals surface area contributed by atoms with Crippen LogP contribution in [0.15, 0.2) is 53.2 Å². The van der Waals surface area contributed by atoms with E-state index in [1.807, 2.05) is 31.2 Å². The van der Waals surface area contributed by atoms with Crippen LogP contribution in [0.3, 0.4) is 0 Å². The molecule has 27 heavy (non-hydrogen) atoms. The van der Waals surface area contributed by atoms with E-state index in [1.54, 1.807) is 12.1 Å². The lowest BCUT2D eigenvalue weighted by Gasteiger charge is -2.11. The quantitative estimate of drug-likeness (QED) is 0.460. The molecular weight excluding hydrogens is 387 g/mol. The summed E-state index contributed by atoms with van der Waals surface area (Å²) in [7, 11) is 0. The summed E-state index contributed by atoms with van der Waals surface area (Å²) in [6, 6.07) is 11.1. The van der Waals surface area contributed by atoms with Crippen molar-refractivity contribution in [2.75, 3.05) is 11.9 Å². The summed E-state index contributed by atoms with van der Waals surface area (Å²) in [6.07, 6.45) is 2.76. The molecule has 0 saturated carbocycles. The first-order valence-electron chi connectivity index (χ1n) is 8.27. The van der Waals surface area contributed by atoms with Crippen molar-refractivity contribution in [2.45, 2.75) is 6.92 Å². The first-order chi connectivity index (χ1) is 13.1. The van der Waals surface area contributed by atoms with Gasteiger partial charge in [0.05, 0.1) is 33.3 Å². The molecule has 0 aliphatic rings. The molecule has 7 heteroatoms. The number of halogens is 2. The number of amides is 1. The third kappa shape index (κ3) is 3.09. The van der Waals surface area contributed by atoms with Gasteiger partial charge in [-0.2, -0.15) is 0 Å². The Kier molecular flexibility index (Phi) is 4.64. The molecule has 2 aromatic heterocycles. The highest BCUT2D eigenvalue weighted by molar-refractivity contribution is 6.40. The van der Waals surface area contributed by atoms with Gasteiger partial charge in [0.25, 0.3) is 5.91 Å². The van der Waals surface area contributed by atoms with Gasteiger partial charge in [-0.05, 0) is 25.1 Å². The van der Waals surface area contributed by atoms with E-state index in [2.05, 4.69) is 10.3 Å². The van der Waals surface area contributed by atoms with E-state index in [0.29, 0.717) is 29.2 Å². The number of hydrogen-bond acceptors (Lipinski definition) is 4. The van der Waals surface area contributed by atoms with Crippen LogP contribution in [0, 0.1) is 0 Å². The SMILES string of the molecule is CCOc1ccc(NC(=O)c2c(Cl)cncc2Cl)c2c1oc1ccccc12. The van der Waals surface area contributed by atoms with Gasteiger partial charge in [0, 0.05) is 17.8 Å². The van der Waals surface area contributed by atoms with E-state index in [4.69, 9.17) is 32.4 Å². The zero-order chi connectivity index (χ0) is 19.0. The van der Waals surface area contributed by atoms with Crippen molar-refractivity contribution in [3.8, 4) is 5.75 Å². The fourth-order valence-corrected chi connectivity index (χ4v) is 3.53. The number of fused-ring (bicyclic) bond motifs is 3. The van der Waals surface area contributed by atoms with Crippen molar-refractivity contribution >= 4 is 56.7 Å². The average Bonchev–Trinajstić information content (AvgIpc) is 3.04. The van der Waals surface area contributed by atoms with Crippen LogP contribution < -0.4 is 10.1 Å². The van der Waals surface area contributed by atoms with E-state index < -0.39 is 5.91 Å². The maximum atomic E-state index is 12.8. The lowest BCUT2D eigenvalue weighted by Crippen LogP contribution is -2.13. The van der Waals surface area contributed by atoms with Crippen molar-refractivity contribution in [1.29, 1.82) is 0 Å². The van der Waals surface area contributed by atoms with Crippen LogP contribution in [0.5, 0.6) is 5.75 Å². The number of carbonyl (C=O) groups excluding carboxylic acids is 1. The van der Waals surface area contributed by atoms with Gasteiger partial charge in [0.2, 0.25) is 0 Å². The first kappa shape index (κ1) is 17.6. The summed E-state index contributed by atoms with van der Waals surface area (Å²) < 4.78 is 11.6. The van der Waals surface area contributed by atoms with Gasteiger partial charge in [0.15, 0.2) is 11.3 Å². The summed E-state index contributed by atoms with van der Waals surface area (Å²) in [5, 5.41) is 4.87. The molecule has 1 amide bonds. The molecule has 0 fully saturated rings. The fraction of sp³-hybridized carbons (Fsp3) is 0.100. The fourth-order valence-electron chi connectivity index (χ4n) is 2.99. The zero-order valence-electron chi connectivity index (χ0n) is 14.3. The topological polar surface area (TPSA) is 64.4 Å². The van der Waals surface area contributed by atoms with Crippen LogP contribution in [0.2, 0.25) is 10.0 Å². The number of carbonyl (C=O) groups is 1. The Labute approximate surface area is 164 Å². The van der Waals surface area contributed by atoms with E-state index in [-0.39, 0.29) is 15.6 Å². The Morgan fingerprint density at radius 3 is 2.63 bits per heavy atom. The second kappa shape index (κ2) is 7.10. The van der Waals surface area contributed by atoms with Gasteiger partial charge < -0.3 is 14.5 Å². The summed E-state index contributed by atoms with van der Waals surface area (Å²) in [5.41, 5.74) is 2.02. The Bertz CT molecular complexity index is 1150. The molecule has 0 unspecified atom stereocenters. The molecule has 4 rings (SSSR count). The summed E-state index contributed by atoms with van der Waals surface area (Å²) in [4.78, 5) is 16.7. The number of benzene rings is 2. The minimum absolute atomic E-state index is 0.170. The molecule has 136 valence electrons. The van der Waals surface area contributed by atoms with Crippen molar-refractivity contribution in [1.82, 2.24) is 4.98 Å². The van der Waals surface area contributed by atoms with Crippen molar-refractivity contribution in [2.24, 2.45) is 0 Å². The third-order valence-corrected chi connectivity index (χ3v) is 4.69. The van der Waals surface area contributed by atoms with Crippen LogP contribution in [0.1, 0.15) is 17.3 Å². The largest absolute Gasteiger partial charge is 0.490 e. The number of nitrogens with zero attached hydrogens (tertiary/aromatic N) is 1. The van der Waals surface area contributed by atoms with E-state index in [0.717, 1.165) is 10.8 Å². The number of ether oxygens (including phenoxy) is 1. The Balaban J connectivity index is 1.87. The highest BCUT2D eigenvalue weighted by Gasteiger charge is 2.20. The second-order valence-electron chi connectivity index (χ2n) is 5.78. The molecule has 4 aromatic rings. The minimum Gasteiger partial charge on any atom is -0.490 e. The number of hydrogen-bond donors (Lipinski definition) is 1. The first-order valence-corrected chi connectivity index (χ1v) is 9.03. The van der Waals surface area contributed by atoms with Gasteiger partial charge >= 0.3 is 0 Å². The van der Waals surface area contributed by atoms with Crippen LogP contribution in [0.25, 0.3) is 21.9 Å². The highest BCUT2D eigenvalue weighted by Crippen LogP contribution is 2.40. The standard InChI is InChI=1S/C20H14Cl2N2O3/c1-2-26-16-8-7-14(17-11-5-3-4-6-15(11)27-19(16)17)24-20(25)18-12(21)9-23-10-13(18)22/h3-10H,2H2,1H3,(H,24,25). The highest BCUT2D eigenvalue weighted by atomic mass is 35.5. The molecule has 0 aliphatic carbocycles. The number of rotatable bonds is 4. The number of nitrogens with one attached hydrogen (secondary N) is 1. The maximum Gasteiger partial charge on any atom is 0.258 e. The van der Waals surface area contributed by atoms with Gasteiger partial charge in [-0.15, -0.1) is 0 Å². The van der Waals surface area contributed by atoms with E-state index in [1.165, 1.54) is 12.4 Å². The van der Waals surface area contributed by atoms with Gasteiger partial charge in [-0.25, -0.2) is 0 Å². The lowest BCUT2D eigenvalue weighted by atomic mass is 10.1. The maximum absolute atomic E-state index is 12.8. The van der Waals surface area contributed by atoms with Gasteiger partial charge in [-0.3, -0.25) is 9.78 Å². The summed E-state index contributed by atoms with van der Waals surface area (Å²) in [6.45, 7) is 2.40. The van der Waals surface area contributed by atoms with Crippen LogP contribution in [-0.2, 0) is 0 Å². The van der Waals surface area contributed by atoms with Crippen LogP contribution in [0.4, 0.5) is 5.69 Å². The Morgan fingerprint density at radius 2 is 1.89 bits per heavy atom. The molecule has 0 saturated heterocycles. The van der Waals surface area contributed by atoms with E-state index in [9.17, 15) is 4.79 Å². The second-order valence-corrected chi connectivity index (χ2v) is 6.59. The number of pyridine rings is 1. The Hall–Kier alpha value is -2.76. The number of anilines is 1. The predicted octanol–water partition coefficient (Wildman–Crippen LogP) is 5.94. The molecule has 0 bridgehead atoms. The van der Waals surface area contributed by atoms with E-state index >= 15 is 0 Å². The number of para-hydroxylation sites is 1. The zero-order valence-corrected chi connectivity index (χ0v) is 15.8. The minimum atomic E-state index is -0.428. The van der Waals surface area contributed by atoms with Crippen molar-refractivity contribution < 1.29 is 13.9 Å². The Morgan fingerprint density at radius 1 is 1.15 bits per heavy atom. The molecule has 2 aromatic carbocycles. The predicted molar refractivity (Wildman–Crippen MR) is 107 cm³/mol. The normalized spacial score (nSPS) is 11.1. The van der Waals surface area contributed by atoms with Crippen molar-refractivity contribution in [3.05, 3.63) is 64.4 Å². The molecule has 2 heterocycles. The summed E-state index contributed by atoms with van der Waals surface area (Å²) in [5.74, 6) is 0.185. The molecule has 1 N–H and O–H groups in total. The lowest BCUT2D eigenvalue weighted by molar-refractivity contribution is 0.102. The average molecular weight is 401 g/mol. The monoisotopic (exact) mass is 400 g/mol. The van der Waals surface area contributed by atoms with Gasteiger partial charge in [0.1, 0.15) is 5.58 Å². The molecule has 0 aliphatic heterocycles. The van der Waals surface area contributed by atoms with Gasteiger partial charge in [-0.1, -0.05) is 41.4 Å². The number of furan rings is 1. The smallest absolute Gasteiger partial charge is 0.258 e. The van der Waals surface area contributed by atoms with Crippen molar-refractivity contribution in [3.63, 3.8) is 0 Å².